The molecule has 1 heterocycles. The van der Waals surface area contributed by atoms with Crippen LogP contribution in [0.3, 0.4) is 0 Å². The lowest BCUT2D eigenvalue weighted by molar-refractivity contribution is 0.581. The number of hydrogen-bond acceptors (Lipinski definition) is 4. The molecule has 1 aromatic heterocycles. The van der Waals surface area contributed by atoms with E-state index in [1.165, 1.54) is 11.3 Å². The Hall–Kier alpha value is -1.76. The molecule has 0 bridgehead atoms. The smallest absolute Gasteiger partial charge is 0.240 e. The lowest BCUT2D eigenvalue weighted by Gasteiger charge is -2.04. The van der Waals surface area contributed by atoms with E-state index in [2.05, 4.69) is 9.71 Å². The van der Waals surface area contributed by atoms with Crippen molar-refractivity contribution >= 4 is 31.6 Å². The fourth-order valence-corrected chi connectivity index (χ4v) is 3.84. The van der Waals surface area contributed by atoms with Crippen molar-refractivity contribution in [2.24, 2.45) is 0 Å². The van der Waals surface area contributed by atoms with Gasteiger partial charge in [0.2, 0.25) is 10.0 Å². The molecule has 0 radical (unpaired) electrons. The Morgan fingerprint density at radius 3 is 2.45 bits per heavy atom. The third-order valence-electron chi connectivity index (χ3n) is 2.81. The van der Waals surface area contributed by atoms with Gasteiger partial charge in [-0.15, -0.1) is 11.3 Å². The standard InChI is InChI=1S/C14H12N2O2S2/c17-20(18,11-6-2-1-3-7-11)15-10-14-16-12-8-4-5-9-13(12)19-14/h1-9,15H,10H2. The molecule has 20 heavy (non-hydrogen) atoms. The van der Waals surface area contributed by atoms with Crippen LogP contribution in [0.5, 0.6) is 0 Å². The molecule has 1 N–H and O–H groups in total. The minimum Gasteiger partial charge on any atom is -0.240 e. The van der Waals surface area contributed by atoms with E-state index >= 15 is 0 Å². The number of rotatable bonds is 4. The molecule has 102 valence electrons. The lowest BCUT2D eigenvalue weighted by atomic mass is 10.3. The first-order valence-corrected chi connectivity index (χ1v) is 8.34. The number of aromatic nitrogens is 1. The van der Waals surface area contributed by atoms with Gasteiger partial charge in [0.15, 0.2) is 0 Å². The number of benzene rings is 2. The Kier molecular flexibility index (Phi) is 3.52. The molecule has 4 nitrogen and oxygen atoms in total. The average molecular weight is 304 g/mol. The highest BCUT2D eigenvalue weighted by atomic mass is 32.2. The summed E-state index contributed by atoms with van der Waals surface area (Å²) in [6.07, 6.45) is 0. The summed E-state index contributed by atoms with van der Waals surface area (Å²) in [6, 6.07) is 16.1. The predicted octanol–water partition coefficient (Wildman–Crippen LogP) is 2.77. The van der Waals surface area contributed by atoms with Crippen molar-refractivity contribution in [3.8, 4) is 0 Å². The summed E-state index contributed by atoms with van der Waals surface area (Å²) in [5, 5.41) is 0.755. The topological polar surface area (TPSA) is 59.1 Å². The number of hydrogen-bond donors (Lipinski definition) is 1. The highest BCUT2D eigenvalue weighted by Gasteiger charge is 2.14. The number of fused-ring (bicyclic) bond motifs is 1. The van der Waals surface area contributed by atoms with Crippen LogP contribution in [-0.2, 0) is 16.6 Å². The Morgan fingerprint density at radius 1 is 1.00 bits per heavy atom. The number of nitrogens with one attached hydrogen (secondary N) is 1. The molecule has 0 atom stereocenters. The second-order valence-corrected chi connectivity index (χ2v) is 7.10. The summed E-state index contributed by atoms with van der Waals surface area (Å²) in [7, 11) is -3.48. The van der Waals surface area contributed by atoms with Crippen LogP contribution in [0.15, 0.2) is 59.5 Å². The molecule has 0 aliphatic rings. The first kappa shape index (κ1) is 13.2. The Bertz CT molecular complexity index is 794. The van der Waals surface area contributed by atoms with Gasteiger partial charge in [-0.2, -0.15) is 0 Å². The summed E-state index contributed by atoms with van der Waals surface area (Å²) in [6.45, 7) is 0.205. The van der Waals surface area contributed by atoms with Crippen LogP contribution < -0.4 is 4.72 Å². The zero-order chi connectivity index (χ0) is 14.0. The van der Waals surface area contributed by atoms with Crippen LogP contribution in [0.25, 0.3) is 10.2 Å². The molecular formula is C14H12N2O2S2. The van der Waals surface area contributed by atoms with Crippen LogP contribution in [0.2, 0.25) is 0 Å². The molecule has 0 fully saturated rings. The Morgan fingerprint density at radius 2 is 1.70 bits per heavy atom. The zero-order valence-corrected chi connectivity index (χ0v) is 12.1. The van der Waals surface area contributed by atoms with Crippen LogP contribution >= 0.6 is 11.3 Å². The molecule has 3 aromatic rings. The molecule has 0 aliphatic carbocycles. The van der Waals surface area contributed by atoms with E-state index in [1.807, 2.05) is 24.3 Å². The minimum atomic E-state index is -3.48. The molecule has 0 unspecified atom stereocenters. The predicted molar refractivity (Wildman–Crippen MR) is 80.1 cm³/mol. The molecule has 2 aromatic carbocycles. The second-order valence-electron chi connectivity index (χ2n) is 4.21. The van der Waals surface area contributed by atoms with E-state index in [0.29, 0.717) is 0 Å². The van der Waals surface area contributed by atoms with Gasteiger partial charge in [0, 0.05) is 0 Å². The van der Waals surface area contributed by atoms with Gasteiger partial charge in [0.1, 0.15) is 5.01 Å². The van der Waals surface area contributed by atoms with Crippen molar-refractivity contribution in [3.63, 3.8) is 0 Å². The van der Waals surface area contributed by atoms with E-state index in [-0.39, 0.29) is 11.4 Å². The van der Waals surface area contributed by atoms with E-state index in [4.69, 9.17) is 0 Å². The second kappa shape index (κ2) is 5.32. The van der Waals surface area contributed by atoms with Crippen LogP contribution in [0.1, 0.15) is 5.01 Å². The van der Waals surface area contributed by atoms with Gasteiger partial charge >= 0.3 is 0 Å². The highest BCUT2D eigenvalue weighted by Crippen LogP contribution is 2.21. The number of thiazole rings is 1. The molecule has 0 amide bonds. The summed E-state index contributed by atoms with van der Waals surface area (Å²) in [5.74, 6) is 0. The number of nitrogens with zero attached hydrogens (tertiary/aromatic N) is 1. The molecule has 0 saturated heterocycles. The zero-order valence-electron chi connectivity index (χ0n) is 10.5. The van der Waals surface area contributed by atoms with Gasteiger partial charge in [0.25, 0.3) is 0 Å². The van der Waals surface area contributed by atoms with Crippen molar-refractivity contribution in [1.82, 2.24) is 9.71 Å². The first-order chi connectivity index (χ1) is 9.65. The maximum Gasteiger partial charge on any atom is 0.240 e. The molecule has 3 rings (SSSR count). The maximum absolute atomic E-state index is 12.1. The highest BCUT2D eigenvalue weighted by molar-refractivity contribution is 7.89. The maximum atomic E-state index is 12.1. The third-order valence-corrected chi connectivity index (χ3v) is 5.26. The summed E-state index contributed by atoms with van der Waals surface area (Å²) >= 11 is 1.50. The van der Waals surface area contributed by atoms with Gasteiger partial charge in [0.05, 0.1) is 21.7 Å². The summed E-state index contributed by atoms with van der Waals surface area (Å²) < 4.78 is 27.8. The number of para-hydroxylation sites is 1. The first-order valence-electron chi connectivity index (χ1n) is 6.04. The van der Waals surface area contributed by atoms with Crippen molar-refractivity contribution in [1.29, 1.82) is 0 Å². The molecule has 6 heteroatoms. The van der Waals surface area contributed by atoms with E-state index in [1.54, 1.807) is 30.3 Å². The quantitative estimate of drug-likeness (QED) is 0.806. The van der Waals surface area contributed by atoms with Crippen molar-refractivity contribution < 1.29 is 8.42 Å². The van der Waals surface area contributed by atoms with E-state index in [9.17, 15) is 8.42 Å². The van der Waals surface area contributed by atoms with Gasteiger partial charge < -0.3 is 0 Å². The molecule has 0 aliphatic heterocycles. The van der Waals surface area contributed by atoms with Crippen LogP contribution in [0.4, 0.5) is 0 Å². The van der Waals surface area contributed by atoms with Crippen molar-refractivity contribution in [2.45, 2.75) is 11.4 Å². The average Bonchev–Trinajstić information content (AvgIpc) is 2.89. The Labute approximate surface area is 121 Å². The van der Waals surface area contributed by atoms with Gasteiger partial charge in [-0.25, -0.2) is 18.1 Å². The van der Waals surface area contributed by atoms with Gasteiger partial charge in [-0.05, 0) is 24.3 Å². The van der Waals surface area contributed by atoms with Gasteiger partial charge in [-0.1, -0.05) is 30.3 Å². The van der Waals surface area contributed by atoms with Crippen LogP contribution in [0, 0.1) is 0 Å². The van der Waals surface area contributed by atoms with Crippen molar-refractivity contribution in [2.75, 3.05) is 0 Å². The monoisotopic (exact) mass is 304 g/mol. The third kappa shape index (κ3) is 2.72. The molecule has 0 spiro atoms. The molecular weight excluding hydrogens is 292 g/mol. The SMILES string of the molecule is O=S(=O)(NCc1nc2ccccc2s1)c1ccccc1. The largest absolute Gasteiger partial charge is 0.240 e. The fraction of sp³-hybridized carbons (Fsp3) is 0.0714. The van der Waals surface area contributed by atoms with E-state index < -0.39 is 10.0 Å². The van der Waals surface area contributed by atoms with Gasteiger partial charge in [-0.3, -0.25) is 0 Å². The minimum absolute atomic E-state index is 0.205. The number of sulfonamides is 1. The van der Waals surface area contributed by atoms with Crippen LogP contribution in [-0.4, -0.2) is 13.4 Å². The normalized spacial score (nSPS) is 11.8. The van der Waals surface area contributed by atoms with Crippen molar-refractivity contribution in [3.05, 3.63) is 59.6 Å². The fourth-order valence-electron chi connectivity index (χ4n) is 1.84. The van der Waals surface area contributed by atoms with E-state index in [0.717, 1.165) is 15.2 Å². The summed E-state index contributed by atoms with van der Waals surface area (Å²) in [5.41, 5.74) is 0.895. The Balaban J connectivity index is 1.79. The lowest BCUT2D eigenvalue weighted by Crippen LogP contribution is -2.23. The molecule has 0 saturated carbocycles. The summed E-state index contributed by atoms with van der Waals surface area (Å²) in [4.78, 5) is 4.67.